The first-order valence-electron chi connectivity index (χ1n) is 15.0. The number of hydrogen-bond donors (Lipinski definition) is 1. The summed E-state index contributed by atoms with van der Waals surface area (Å²) in [5.41, 5.74) is 10.3. The van der Waals surface area contributed by atoms with Crippen molar-refractivity contribution >= 4 is 5.69 Å². The zero-order valence-electron chi connectivity index (χ0n) is 24.3. The van der Waals surface area contributed by atoms with Crippen LogP contribution in [0, 0.1) is 13.5 Å². The molecular weight excluding hydrogens is 520 g/mol. The van der Waals surface area contributed by atoms with Crippen LogP contribution >= 0.6 is 0 Å². The van der Waals surface area contributed by atoms with Crippen LogP contribution in [0.15, 0.2) is 78.9 Å². The molecule has 4 aromatic rings. The van der Waals surface area contributed by atoms with Gasteiger partial charge in [-0.1, -0.05) is 66.7 Å². The van der Waals surface area contributed by atoms with E-state index in [2.05, 4.69) is 65.2 Å². The quantitative estimate of drug-likeness (QED) is 0.213. The lowest BCUT2D eigenvalue weighted by atomic mass is 9.96. The number of β-amino-alcohol motifs (C(OH)–C–C–N with tert-alkyl or cyclic N) is 1. The number of nitrogens with zero attached hydrogens (tertiary/aromatic N) is 2. The molecule has 0 radical (unpaired) electrons. The van der Waals surface area contributed by atoms with Crippen molar-refractivity contribution in [3.63, 3.8) is 0 Å². The van der Waals surface area contributed by atoms with E-state index in [4.69, 9.17) is 16.0 Å². The van der Waals surface area contributed by atoms with Crippen molar-refractivity contribution in [1.82, 2.24) is 4.90 Å². The van der Waals surface area contributed by atoms with Crippen LogP contribution in [0.25, 0.3) is 16.0 Å². The SMILES string of the molecule is [C-]#[N+]c1cccc(COc2cc(OCc3cccc(-c4ccccc4)c3C)c3c(c2CN2CCCC(O)C2)CCC3)c1. The molecule has 0 saturated carbocycles. The van der Waals surface area contributed by atoms with Crippen LogP contribution in [-0.4, -0.2) is 29.2 Å². The van der Waals surface area contributed by atoms with E-state index in [9.17, 15) is 5.11 Å². The summed E-state index contributed by atoms with van der Waals surface area (Å²) in [5, 5.41) is 10.3. The van der Waals surface area contributed by atoms with Gasteiger partial charge < -0.3 is 14.6 Å². The van der Waals surface area contributed by atoms with Gasteiger partial charge in [-0.2, -0.15) is 0 Å². The minimum absolute atomic E-state index is 0.273. The smallest absolute Gasteiger partial charge is 0.187 e. The van der Waals surface area contributed by atoms with Gasteiger partial charge >= 0.3 is 0 Å². The third-order valence-electron chi connectivity index (χ3n) is 8.65. The Morgan fingerprint density at radius 3 is 2.52 bits per heavy atom. The summed E-state index contributed by atoms with van der Waals surface area (Å²) in [6.07, 6.45) is 4.70. The highest BCUT2D eigenvalue weighted by Crippen LogP contribution is 2.41. The lowest BCUT2D eigenvalue weighted by Gasteiger charge is -2.31. The molecule has 1 N–H and O–H groups in total. The van der Waals surface area contributed by atoms with Gasteiger partial charge in [-0.25, -0.2) is 4.85 Å². The van der Waals surface area contributed by atoms with Crippen molar-refractivity contribution in [2.45, 2.75) is 64.9 Å². The largest absolute Gasteiger partial charge is 0.488 e. The predicted molar refractivity (Wildman–Crippen MR) is 167 cm³/mol. The molecule has 6 rings (SSSR count). The molecule has 1 unspecified atom stereocenters. The Balaban J connectivity index is 1.30. The molecule has 0 bridgehead atoms. The zero-order valence-corrected chi connectivity index (χ0v) is 24.3. The van der Waals surface area contributed by atoms with E-state index < -0.39 is 0 Å². The van der Waals surface area contributed by atoms with E-state index in [1.54, 1.807) is 0 Å². The standard InChI is InChI=1S/C37H38N2O3/c1-26-29(13-7-16-32(26)28-11-4-3-5-12-28)25-42-36-21-37(41-24-27-10-6-14-30(20-27)38-2)35(33-17-8-18-34(33)36)23-39-19-9-15-31(40)22-39/h3-7,10-14,16,20-21,31,40H,8-9,15,17-19,22-25H2,1H3. The fourth-order valence-electron chi connectivity index (χ4n) is 6.42. The molecule has 0 amide bonds. The van der Waals surface area contributed by atoms with Crippen molar-refractivity contribution in [3.05, 3.63) is 124 Å². The predicted octanol–water partition coefficient (Wildman–Crippen LogP) is 7.82. The summed E-state index contributed by atoms with van der Waals surface area (Å²) in [4.78, 5) is 5.93. The van der Waals surface area contributed by atoms with E-state index in [1.165, 1.54) is 38.9 Å². The summed E-state index contributed by atoms with van der Waals surface area (Å²) in [5.74, 6) is 1.74. The number of rotatable bonds is 9. The topological polar surface area (TPSA) is 46.3 Å². The number of likely N-dealkylation sites (tertiary alicyclic amines) is 1. The number of ether oxygens (including phenoxy) is 2. The van der Waals surface area contributed by atoms with E-state index in [-0.39, 0.29) is 6.10 Å². The fraction of sp³-hybridized carbons (Fsp3) is 0.324. The molecule has 0 spiro atoms. The van der Waals surface area contributed by atoms with Crippen LogP contribution in [-0.2, 0) is 32.6 Å². The van der Waals surface area contributed by atoms with Gasteiger partial charge in [-0.05, 0) is 90.6 Å². The molecule has 4 aromatic carbocycles. The van der Waals surface area contributed by atoms with E-state index in [0.717, 1.165) is 62.3 Å². The third kappa shape index (κ3) is 6.21. The maximum atomic E-state index is 10.3. The minimum Gasteiger partial charge on any atom is -0.488 e. The molecule has 1 aliphatic carbocycles. The van der Waals surface area contributed by atoms with Crippen molar-refractivity contribution in [1.29, 1.82) is 0 Å². The number of piperidine rings is 1. The monoisotopic (exact) mass is 558 g/mol. The number of fused-ring (bicyclic) bond motifs is 1. The number of aliphatic hydroxyl groups excluding tert-OH is 1. The second-order valence-corrected chi connectivity index (χ2v) is 11.5. The van der Waals surface area contributed by atoms with Crippen LogP contribution in [0.4, 0.5) is 5.69 Å². The molecule has 5 nitrogen and oxygen atoms in total. The molecule has 0 aromatic heterocycles. The van der Waals surface area contributed by atoms with Crippen LogP contribution in [0.5, 0.6) is 11.5 Å². The average molecular weight is 559 g/mol. The van der Waals surface area contributed by atoms with E-state index in [1.807, 2.05) is 30.3 Å². The molecule has 1 aliphatic heterocycles. The van der Waals surface area contributed by atoms with Crippen molar-refractivity contribution < 1.29 is 14.6 Å². The normalized spacial score (nSPS) is 16.5. The Labute approximate surface area is 249 Å². The third-order valence-corrected chi connectivity index (χ3v) is 8.65. The van der Waals surface area contributed by atoms with Crippen molar-refractivity contribution in [2.75, 3.05) is 13.1 Å². The Morgan fingerprint density at radius 2 is 1.69 bits per heavy atom. The highest BCUT2D eigenvalue weighted by atomic mass is 16.5. The van der Waals surface area contributed by atoms with E-state index >= 15 is 0 Å². The first kappa shape index (κ1) is 28.0. The Hall–Kier alpha value is -4.11. The van der Waals surface area contributed by atoms with Gasteiger partial charge in [0.05, 0.1) is 12.7 Å². The summed E-state index contributed by atoms with van der Waals surface area (Å²) in [7, 11) is 0. The number of hydrogen-bond acceptors (Lipinski definition) is 4. The number of benzene rings is 4. The Kier molecular flexibility index (Phi) is 8.55. The molecule has 1 fully saturated rings. The van der Waals surface area contributed by atoms with Gasteiger partial charge in [0.1, 0.15) is 24.7 Å². The molecular formula is C37H38N2O3. The van der Waals surface area contributed by atoms with Crippen LogP contribution in [0.1, 0.15) is 52.6 Å². The highest BCUT2D eigenvalue weighted by Gasteiger charge is 2.27. The molecule has 214 valence electrons. The lowest BCUT2D eigenvalue weighted by Crippen LogP contribution is -2.38. The molecule has 42 heavy (non-hydrogen) atoms. The second kappa shape index (κ2) is 12.8. The van der Waals surface area contributed by atoms with Gasteiger partial charge in [0.2, 0.25) is 0 Å². The zero-order chi connectivity index (χ0) is 28.9. The minimum atomic E-state index is -0.273. The van der Waals surface area contributed by atoms with Gasteiger partial charge in [-0.15, -0.1) is 0 Å². The number of aliphatic hydroxyl groups is 1. The van der Waals surface area contributed by atoms with Crippen LogP contribution in [0.3, 0.4) is 0 Å². The molecule has 1 saturated heterocycles. The van der Waals surface area contributed by atoms with Gasteiger partial charge in [0.15, 0.2) is 5.69 Å². The highest BCUT2D eigenvalue weighted by molar-refractivity contribution is 5.68. The molecule has 5 heteroatoms. The molecule has 1 heterocycles. The van der Waals surface area contributed by atoms with Crippen molar-refractivity contribution in [2.24, 2.45) is 0 Å². The van der Waals surface area contributed by atoms with Gasteiger partial charge in [0.25, 0.3) is 0 Å². The average Bonchev–Trinajstić information content (AvgIpc) is 3.52. The van der Waals surface area contributed by atoms with E-state index in [0.29, 0.717) is 25.4 Å². The maximum Gasteiger partial charge on any atom is 0.187 e. The van der Waals surface area contributed by atoms with Crippen molar-refractivity contribution in [3.8, 4) is 22.6 Å². The summed E-state index contributed by atoms with van der Waals surface area (Å²) < 4.78 is 13.2. The summed E-state index contributed by atoms with van der Waals surface area (Å²) in [6, 6.07) is 26.6. The summed E-state index contributed by atoms with van der Waals surface area (Å²) in [6.45, 7) is 12.9. The van der Waals surface area contributed by atoms with Gasteiger partial charge in [-0.3, -0.25) is 4.90 Å². The first-order chi connectivity index (χ1) is 20.6. The Bertz CT molecular complexity index is 1590. The van der Waals surface area contributed by atoms with Crippen LogP contribution in [0.2, 0.25) is 0 Å². The summed E-state index contributed by atoms with van der Waals surface area (Å²) >= 11 is 0. The molecule has 2 aliphatic rings. The van der Waals surface area contributed by atoms with Gasteiger partial charge in [0, 0.05) is 24.7 Å². The molecule has 1 atom stereocenters. The Morgan fingerprint density at radius 1 is 0.881 bits per heavy atom. The fourth-order valence-corrected chi connectivity index (χ4v) is 6.42. The lowest BCUT2D eigenvalue weighted by molar-refractivity contribution is 0.0661. The second-order valence-electron chi connectivity index (χ2n) is 11.5. The maximum absolute atomic E-state index is 10.3. The van der Waals surface area contributed by atoms with Crippen LogP contribution < -0.4 is 9.47 Å². The first-order valence-corrected chi connectivity index (χ1v) is 15.0.